The Morgan fingerprint density at radius 3 is 2.60 bits per heavy atom. The van der Waals surface area contributed by atoms with E-state index in [1.54, 1.807) is 0 Å². The van der Waals surface area contributed by atoms with Crippen molar-refractivity contribution in [2.75, 3.05) is 5.32 Å². The van der Waals surface area contributed by atoms with Gasteiger partial charge in [0.15, 0.2) is 11.9 Å². The zero-order valence-electron chi connectivity index (χ0n) is 12.9. The van der Waals surface area contributed by atoms with Gasteiger partial charge < -0.3 is 10.1 Å². The molecule has 0 bridgehead atoms. The highest BCUT2D eigenvalue weighted by molar-refractivity contribution is 5.94. The van der Waals surface area contributed by atoms with Crippen LogP contribution >= 0.6 is 0 Å². The molecule has 130 valence electrons. The highest BCUT2D eigenvalue weighted by Gasteiger charge is 2.22. The van der Waals surface area contributed by atoms with E-state index in [-0.39, 0.29) is 17.0 Å². The second kappa shape index (κ2) is 7.47. The number of carbonyl (C=O) groups excluding carboxylic acids is 2. The van der Waals surface area contributed by atoms with Crippen LogP contribution in [0, 0.1) is 21.7 Å². The summed E-state index contributed by atoms with van der Waals surface area (Å²) >= 11 is 0. The number of carbonyl (C=O) groups is 2. The summed E-state index contributed by atoms with van der Waals surface area (Å²) in [5.74, 6) is -2.79. The van der Waals surface area contributed by atoms with Crippen molar-refractivity contribution in [3.8, 4) is 5.75 Å². The molecule has 0 fully saturated rings. The van der Waals surface area contributed by atoms with Gasteiger partial charge in [0.25, 0.3) is 5.91 Å². The maximum Gasteiger partial charge on any atom is 0.311 e. The SMILES string of the molecule is C[C@@H](Oc1ccc(C=O)cc1[N+](=O)[O-])C(=O)Nc1ccc(F)cc1F. The summed E-state index contributed by atoms with van der Waals surface area (Å²) in [6.45, 7) is 1.30. The molecule has 0 aromatic heterocycles. The quantitative estimate of drug-likeness (QED) is 0.490. The Balaban J connectivity index is 2.16. The van der Waals surface area contributed by atoms with Gasteiger partial charge in [-0.05, 0) is 31.2 Å². The number of nitro groups is 1. The number of benzene rings is 2. The average Bonchev–Trinajstić information content (AvgIpc) is 2.57. The Bertz CT molecular complexity index is 841. The summed E-state index contributed by atoms with van der Waals surface area (Å²) < 4.78 is 31.6. The van der Waals surface area contributed by atoms with Gasteiger partial charge in [-0.25, -0.2) is 8.78 Å². The van der Waals surface area contributed by atoms with Crippen molar-refractivity contribution in [1.29, 1.82) is 0 Å². The summed E-state index contributed by atoms with van der Waals surface area (Å²) in [5.41, 5.74) is -0.672. The largest absolute Gasteiger partial charge is 0.474 e. The lowest BCUT2D eigenvalue weighted by Gasteiger charge is -2.15. The number of hydrogen-bond acceptors (Lipinski definition) is 5. The van der Waals surface area contributed by atoms with Crippen LogP contribution in [0.25, 0.3) is 0 Å². The number of nitrogens with zero attached hydrogens (tertiary/aromatic N) is 1. The lowest BCUT2D eigenvalue weighted by molar-refractivity contribution is -0.386. The summed E-state index contributed by atoms with van der Waals surface area (Å²) in [7, 11) is 0. The molecule has 2 aromatic carbocycles. The predicted molar refractivity (Wildman–Crippen MR) is 83.6 cm³/mol. The van der Waals surface area contributed by atoms with Crippen molar-refractivity contribution in [3.05, 3.63) is 63.7 Å². The van der Waals surface area contributed by atoms with E-state index in [0.29, 0.717) is 12.4 Å². The van der Waals surface area contributed by atoms with Crippen LogP contribution in [0.2, 0.25) is 0 Å². The molecule has 0 aliphatic heterocycles. The maximum absolute atomic E-state index is 13.5. The van der Waals surface area contributed by atoms with E-state index in [4.69, 9.17) is 4.74 Å². The van der Waals surface area contributed by atoms with E-state index in [2.05, 4.69) is 5.32 Å². The molecule has 0 unspecified atom stereocenters. The number of rotatable bonds is 6. The molecule has 7 nitrogen and oxygen atoms in total. The number of anilines is 1. The van der Waals surface area contributed by atoms with Crippen molar-refractivity contribution in [2.24, 2.45) is 0 Å². The normalized spacial score (nSPS) is 11.5. The van der Waals surface area contributed by atoms with Gasteiger partial charge in [0.2, 0.25) is 0 Å². The van der Waals surface area contributed by atoms with Crippen LogP contribution in [0.5, 0.6) is 5.75 Å². The zero-order chi connectivity index (χ0) is 18.6. The maximum atomic E-state index is 13.5. The number of ether oxygens (including phenoxy) is 1. The minimum absolute atomic E-state index is 0.0736. The van der Waals surface area contributed by atoms with E-state index in [9.17, 15) is 28.5 Å². The minimum Gasteiger partial charge on any atom is -0.474 e. The zero-order valence-corrected chi connectivity index (χ0v) is 12.9. The van der Waals surface area contributed by atoms with Crippen LogP contribution < -0.4 is 10.1 Å². The molecular weight excluding hydrogens is 338 g/mol. The first-order valence-electron chi connectivity index (χ1n) is 6.98. The fourth-order valence-corrected chi connectivity index (χ4v) is 1.92. The number of halogens is 2. The third-order valence-electron chi connectivity index (χ3n) is 3.18. The van der Waals surface area contributed by atoms with Crippen molar-refractivity contribution in [3.63, 3.8) is 0 Å². The Hall–Kier alpha value is -3.36. The fourth-order valence-electron chi connectivity index (χ4n) is 1.92. The minimum atomic E-state index is -1.22. The average molecular weight is 350 g/mol. The molecule has 1 amide bonds. The van der Waals surface area contributed by atoms with E-state index in [1.807, 2.05) is 0 Å². The second-order valence-electron chi connectivity index (χ2n) is 4.98. The lowest BCUT2D eigenvalue weighted by Crippen LogP contribution is -2.30. The first-order valence-corrected chi connectivity index (χ1v) is 6.98. The molecule has 1 atom stereocenters. The third-order valence-corrected chi connectivity index (χ3v) is 3.18. The van der Waals surface area contributed by atoms with Gasteiger partial charge in [0.1, 0.15) is 17.9 Å². The third kappa shape index (κ3) is 4.34. The Kier molecular flexibility index (Phi) is 5.38. The van der Waals surface area contributed by atoms with Crippen molar-refractivity contribution < 1.29 is 28.0 Å². The Morgan fingerprint density at radius 2 is 2.00 bits per heavy atom. The number of hydrogen-bond donors (Lipinski definition) is 1. The Morgan fingerprint density at radius 1 is 1.28 bits per heavy atom. The van der Waals surface area contributed by atoms with Gasteiger partial charge in [-0.3, -0.25) is 19.7 Å². The summed E-state index contributed by atoms with van der Waals surface area (Å²) in [4.78, 5) is 33.0. The van der Waals surface area contributed by atoms with Crippen molar-refractivity contribution in [2.45, 2.75) is 13.0 Å². The van der Waals surface area contributed by atoms with Crippen molar-refractivity contribution in [1.82, 2.24) is 0 Å². The molecule has 0 aliphatic carbocycles. The molecular formula is C16H12F2N2O5. The smallest absolute Gasteiger partial charge is 0.311 e. The van der Waals surface area contributed by atoms with Crippen LogP contribution in [0.3, 0.4) is 0 Å². The first kappa shape index (κ1) is 18.0. The van der Waals surface area contributed by atoms with E-state index in [0.717, 1.165) is 18.2 Å². The topological polar surface area (TPSA) is 98.5 Å². The molecule has 0 saturated carbocycles. The van der Waals surface area contributed by atoms with Gasteiger partial charge >= 0.3 is 5.69 Å². The standard InChI is InChI=1S/C16H12F2N2O5/c1-9(16(22)19-13-4-3-11(17)7-12(13)18)25-15-5-2-10(8-21)6-14(15)20(23)24/h2-9H,1H3,(H,19,22)/t9-/m1/s1. The molecule has 0 saturated heterocycles. The van der Waals surface area contributed by atoms with Crippen LogP contribution in [-0.4, -0.2) is 23.2 Å². The summed E-state index contributed by atoms with van der Waals surface area (Å²) in [6.07, 6.45) is -0.783. The number of nitrogens with one attached hydrogen (secondary N) is 1. The highest BCUT2D eigenvalue weighted by atomic mass is 19.1. The molecule has 0 radical (unpaired) electrons. The molecule has 2 aromatic rings. The number of amides is 1. The van der Waals surface area contributed by atoms with Crippen LogP contribution in [0.1, 0.15) is 17.3 Å². The van der Waals surface area contributed by atoms with E-state index < -0.39 is 34.3 Å². The first-order chi connectivity index (χ1) is 11.8. The summed E-state index contributed by atoms with van der Waals surface area (Å²) in [6, 6.07) is 6.09. The van der Waals surface area contributed by atoms with Crippen LogP contribution in [-0.2, 0) is 4.79 Å². The molecule has 0 aliphatic rings. The highest BCUT2D eigenvalue weighted by Crippen LogP contribution is 2.28. The lowest BCUT2D eigenvalue weighted by atomic mass is 10.2. The molecule has 2 rings (SSSR count). The molecule has 0 heterocycles. The monoisotopic (exact) mass is 350 g/mol. The van der Waals surface area contributed by atoms with Gasteiger partial charge in [0, 0.05) is 17.7 Å². The summed E-state index contributed by atoms with van der Waals surface area (Å²) in [5, 5.41) is 13.2. The number of nitro benzene ring substituents is 1. The van der Waals surface area contributed by atoms with Gasteiger partial charge in [-0.15, -0.1) is 0 Å². The number of aldehydes is 1. The molecule has 0 spiro atoms. The van der Waals surface area contributed by atoms with Crippen LogP contribution in [0.15, 0.2) is 36.4 Å². The van der Waals surface area contributed by atoms with Gasteiger partial charge in [0.05, 0.1) is 10.6 Å². The van der Waals surface area contributed by atoms with Gasteiger partial charge in [-0.2, -0.15) is 0 Å². The second-order valence-corrected chi connectivity index (χ2v) is 4.98. The molecule has 25 heavy (non-hydrogen) atoms. The van der Waals surface area contributed by atoms with E-state index in [1.165, 1.54) is 19.1 Å². The van der Waals surface area contributed by atoms with E-state index >= 15 is 0 Å². The Labute approximate surface area is 140 Å². The fraction of sp³-hybridized carbons (Fsp3) is 0.125. The molecule has 9 heteroatoms. The predicted octanol–water partition coefficient (Wildman–Crippen LogP) is 3.09. The van der Waals surface area contributed by atoms with Gasteiger partial charge in [-0.1, -0.05) is 0 Å². The van der Waals surface area contributed by atoms with Crippen LogP contribution in [0.4, 0.5) is 20.2 Å². The van der Waals surface area contributed by atoms with Crippen molar-refractivity contribution >= 4 is 23.6 Å². The molecule has 1 N–H and O–H groups in total.